The van der Waals surface area contributed by atoms with Crippen molar-refractivity contribution in [3.8, 4) is 0 Å². The molecule has 0 aliphatic carbocycles. The van der Waals surface area contributed by atoms with Crippen LogP contribution in [0.15, 0.2) is 24.5 Å². The van der Waals surface area contributed by atoms with E-state index in [1.165, 1.54) is 0 Å². The lowest BCUT2D eigenvalue weighted by Crippen LogP contribution is -2.36. The zero-order valence-corrected chi connectivity index (χ0v) is 12.2. The van der Waals surface area contributed by atoms with E-state index in [9.17, 15) is 9.90 Å². The van der Waals surface area contributed by atoms with Crippen LogP contribution in [-0.2, 0) is 18.3 Å². The number of H-pyrrole nitrogens is 1. The molecule has 7 nitrogen and oxygen atoms in total. The molecule has 2 aromatic heterocycles. The van der Waals surface area contributed by atoms with Gasteiger partial charge in [0.25, 0.3) is 0 Å². The van der Waals surface area contributed by atoms with Crippen LogP contribution in [0.2, 0.25) is 0 Å². The highest BCUT2D eigenvalue weighted by Gasteiger charge is 2.27. The molecule has 0 bridgehead atoms. The average Bonchev–Trinajstić information content (AvgIpc) is 2.98. The third-order valence-electron chi connectivity index (χ3n) is 3.60. The maximum absolute atomic E-state index is 11.5. The van der Waals surface area contributed by atoms with Crippen LogP contribution in [0.5, 0.6) is 0 Å². The Morgan fingerprint density at radius 2 is 2.14 bits per heavy atom. The van der Waals surface area contributed by atoms with Gasteiger partial charge < -0.3 is 9.90 Å². The molecule has 0 fully saturated rings. The summed E-state index contributed by atoms with van der Waals surface area (Å²) in [4.78, 5) is 11.5. The van der Waals surface area contributed by atoms with E-state index in [4.69, 9.17) is 0 Å². The summed E-state index contributed by atoms with van der Waals surface area (Å²) in [5.41, 5.74) is 1.04. The van der Waals surface area contributed by atoms with Crippen molar-refractivity contribution in [2.24, 2.45) is 13.0 Å². The summed E-state index contributed by atoms with van der Waals surface area (Å²) in [7, 11) is 1.93. The van der Waals surface area contributed by atoms with E-state index < -0.39 is 11.9 Å². The van der Waals surface area contributed by atoms with Gasteiger partial charge in [-0.3, -0.25) is 0 Å². The van der Waals surface area contributed by atoms with Gasteiger partial charge in [-0.2, -0.15) is 0 Å². The molecule has 2 aromatic rings. The lowest BCUT2D eigenvalue weighted by Gasteiger charge is -2.25. The minimum absolute atomic E-state index is 0.322. The summed E-state index contributed by atoms with van der Waals surface area (Å²) in [6.07, 6.45) is 5.71. The van der Waals surface area contributed by atoms with Gasteiger partial charge in [-0.25, -0.2) is 9.67 Å². The number of pyridine rings is 1. The molecule has 21 heavy (non-hydrogen) atoms. The maximum Gasteiger partial charge on any atom is 0.168 e. The normalized spacial score (nSPS) is 13.8. The highest BCUT2D eigenvalue weighted by molar-refractivity contribution is 5.69. The van der Waals surface area contributed by atoms with Crippen molar-refractivity contribution in [1.82, 2.24) is 20.6 Å². The van der Waals surface area contributed by atoms with Crippen molar-refractivity contribution in [2.45, 2.75) is 32.1 Å². The van der Waals surface area contributed by atoms with Gasteiger partial charge in [-0.15, -0.1) is 5.10 Å². The van der Waals surface area contributed by atoms with Gasteiger partial charge >= 0.3 is 0 Å². The number of nitrogens with one attached hydrogen (secondary N) is 1. The number of carboxylic acids is 1. The number of carbonyl (C=O) groups excluding carboxylic acids is 1. The fourth-order valence-electron chi connectivity index (χ4n) is 2.47. The van der Waals surface area contributed by atoms with E-state index in [0.717, 1.165) is 12.0 Å². The Balaban J connectivity index is 2.27. The third-order valence-corrected chi connectivity index (χ3v) is 3.60. The summed E-state index contributed by atoms with van der Waals surface area (Å²) in [5, 5.41) is 25.2. The van der Waals surface area contributed by atoms with Crippen molar-refractivity contribution in [2.75, 3.05) is 0 Å². The molecule has 1 N–H and O–H groups in total. The highest BCUT2D eigenvalue weighted by atomic mass is 16.4. The number of aromatic amines is 1. The van der Waals surface area contributed by atoms with Crippen molar-refractivity contribution in [3.63, 3.8) is 0 Å². The van der Waals surface area contributed by atoms with Crippen LogP contribution in [0.3, 0.4) is 0 Å². The summed E-state index contributed by atoms with van der Waals surface area (Å²) < 4.78 is 1.93. The first-order valence-corrected chi connectivity index (χ1v) is 7.00. The topological polar surface area (TPSA) is 98.5 Å². The van der Waals surface area contributed by atoms with Gasteiger partial charge in [-0.05, 0) is 28.8 Å². The summed E-state index contributed by atoms with van der Waals surface area (Å²) in [5.74, 6) is -1.50. The van der Waals surface area contributed by atoms with E-state index in [1.54, 1.807) is 0 Å². The predicted molar refractivity (Wildman–Crippen MR) is 71.6 cm³/mol. The van der Waals surface area contributed by atoms with Gasteiger partial charge in [0.15, 0.2) is 18.2 Å². The van der Waals surface area contributed by atoms with Crippen molar-refractivity contribution >= 4 is 5.97 Å². The van der Waals surface area contributed by atoms with E-state index in [-0.39, 0.29) is 5.92 Å². The fourth-order valence-corrected chi connectivity index (χ4v) is 2.47. The molecule has 7 heteroatoms. The second kappa shape index (κ2) is 6.92. The largest absolute Gasteiger partial charge is 0.550 e. The van der Waals surface area contributed by atoms with E-state index in [2.05, 4.69) is 20.6 Å². The molecular formula is C14H19N5O2. The van der Waals surface area contributed by atoms with Crippen LogP contribution < -0.4 is 9.67 Å². The van der Waals surface area contributed by atoms with E-state index in [0.29, 0.717) is 18.7 Å². The van der Waals surface area contributed by atoms with Crippen LogP contribution in [0, 0.1) is 5.92 Å². The molecule has 0 saturated carbocycles. The first kappa shape index (κ1) is 15.1. The molecule has 0 aliphatic rings. The number of carbonyl (C=O) groups is 1. The molecule has 2 rings (SSSR count). The molecular weight excluding hydrogens is 270 g/mol. The fraction of sp³-hybridized carbons (Fsp3) is 0.500. The standard InChI is InChI=1S/C14H19N5O2/c1-3-4-11(14(20)21)12(13-15-17-18-16-13)9-10-5-7-19(2)8-6-10/h5-8,11-12H,3-4,9H2,1-2H3,(H-,15,16,17,18,20,21)/t11?,12-/m0/s1. The van der Waals surface area contributed by atoms with E-state index >= 15 is 0 Å². The summed E-state index contributed by atoms with van der Waals surface area (Å²) in [6.45, 7) is 1.95. The number of tetrazole rings is 1. The Kier molecular flexibility index (Phi) is 4.97. The minimum atomic E-state index is -1.06. The molecule has 2 atom stereocenters. The zero-order chi connectivity index (χ0) is 15.2. The summed E-state index contributed by atoms with van der Waals surface area (Å²) >= 11 is 0. The van der Waals surface area contributed by atoms with Gasteiger partial charge in [0.1, 0.15) is 7.05 Å². The Morgan fingerprint density at radius 1 is 1.43 bits per heavy atom. The van der Waals surface area contributed by atoms with Gasteiger partial charge in [0.2, 0.25) is 0 Å². The Morgan fingerprint density at radius 3 is 2.67 bits per heavy atom. The van der Waals surface area contributed by atoms with Gasteiger partial charge in [0, 0.05) is 29.9 Å². The Labute approximate surface area is 123 Å². The number of hydrogen-bond acceptors (Lipinski definition) is 5. The Bertz CT molecular complexity index is 568. The molecule has 0 saturated heterocycles. The van der Waals surface area contributed by atoms with Crippen LogP contribution in [0.4, 0.5) is 0 Å². The minimum Gasteiger partial charge on any atom is -0.550 e. The number of rotatable bonds is 7. The smallest absolute Gasteiger partial charge is 0.168 e. The predicted octanol–water partition coefficient (Wildman–Crippen LogP) is -0.483. The zero-order valence-electron chi connectivity index (χ0n) is 12.2. The maximum atomic E-state index is 11.5. The van der Waals surface area contributed by atoms with Crippen LogP contribution in [0.1, 0.15) is 37.1 Å². The monoisotopic (exact) mass is 289 g/mol. The number of aryl methyl sites for hydroxylation is 1. The number of nitrogens with zero attached hydrogens (tertiary/aromatic N) is 4. The van der Waals surface area contributed by atoms with E-state index in [1.807, 2.05) is 43.1 Å². The molecule has 0 aliphatic heterocycles. The van der Waals surface area contributed by atoms with Gasteiger partial charge in [-0.1, -0.05) is 13.3 Å². The van der Waals surface area contributed by atoms with Crippen LogP contribution in [-0.4, -0.2) is 26.6 Å². The molecule has 0 aromatic carbocycles. The molecule has 1 unspecified atom stereocenters. The number of aromatic nitrogens is 5. The second-order valence-corrected chi connectivity index (χ2v) is 5.18. The first-order chi connectivity index (χ1) is 10.1. The summed E-state index contributed by atoms with van der Waals surface area (Å²) in [6, 6.07) is 3.93. The number of carboxylic acid groups (broad SMARTS) is 1. The SMILES string of the molecule is CCCC(C(=O)[O-])[C@H](Cc1cc[n+](C)cc1)c1nnn[nH]1. The van der Waals surface area contributed by atoms with Crippen molar-refractivity contribution in [3.05, 3.63) is 35.9 Å². The first-order valence-electron chi connectivity index (χ1n) is 7.00. The van der Waals surface area contributed by atoms with Crippen molar-refractivity contribution < 1.29 is 14.5 Å². The van der Waals surface area contributed by atoms with Crippen molar-refractivity contribution in [1.29, 1.82) is 0 Å². The third kappa shape index (κ3) is 3.84. The second-order valence-electron chi connectivity index (χ2n) is 5.18. The molecule has 0 amide bonds. The molecule has 0 radical (unpaired) electrons. The van der Waals surface area contributed by atoms with Crippen LogP contribution >= 0.6 is 0 Å². The lowest BCUT2D eigenvalue weighted by molar-refractivity contribution is -0.671. The molecule has 2 heterocycles. The quantitative estimate of drug-likeness (QED) is 0.694. The molecule has 112 valence electrons. The molecule has 0 spiro atoms. The number of hydrogen-bond donors (Lipinski definition) is 1. The lowest BCUT2D eigenvalue weighted by atomic mass is 9.83. The average molecular weight is 289 g/mol. The number of aliphatic carboxylic acids is 1. The van der Waals surface area contributed by atoms with Gasteiger partial charge in [0.05, 0.1) is 0 Å². The highest BCUT2D eigenvalue weighted by Crippen LogP contribution is 2.28. The van der Waals surface area contributed by atoms with Crippen LogP contribution in [0.25, 0.3) is 0 Å². The Hall–Kier alpha value is -2.31.